The number of halogens is 2. The van der Waals surface area contributed by atoms with Crippen molar-refractivity contribution in [2.75, 3.05) is 16.8 Å². The van der Waals surface area contributed by atoms with Crippen molar-refractivity contribution in [3.05, 3.63) is 47.7 Å². The number of hydrogen-bond acceptors (Lipinski definition) is 5. The quantitative estimate of drug-likeness (QED) is 0.815. The van der Waals surface area contributed by atoms with Crippen molar-refractivity contribution in [1.29, 1.82) is 0 Å². The molecular formula is C17H18F2N4OS. The van der Waals surface area contributed by atoms with Gasteiger partial charge in [0, 0.05) is 29.7 Å². The van der Waals surface area contributed by atoms with Gasteiger partial charge in [-0.3, -0.25) is 9.93 Å². The van der Waals surface area contributed by atoms with Crippen LogP contribution in [0.4, 0.5) is 20.2 Å². The summed E-state index contributed by atoms with van der Waals surface area (Å²) in [6, 6.07) is 5.54. The Kier molecular flexibility index (Phi) is 5.19. The summed E-state index contributed by atoms with van der Waals surface area (Å²) in [5.74, 6) is -1.95. The normalized spacial score (nSPS) is 17.0. The molecule has 1 amide bonds. The van der Waals surface area contributed by atoms with E-state index in [-0.39, 0.29) is 11.5 Å². The van der Waals surface area contributed by atoms with Gasteiger partial charge in [0.2, 0.25) is 5.91 Å². The van der Waals surface area contributed by atoms with Gasteiger partial charge in [0.25, 0.3) is 0 Å². The predicted molar refractivity (Wildman–Crippen MR) is 94.4 cm³/mol. The monoisotopic (exact) mass is 364 g/mol. The summed E-state index contributed by atoms with van der Waals surface area (Å²) in [6.45, 7) is 2.14. The van der Waals surface area contributed by atoms with Gasteiger partial charge in [0.1, 0.15) is 11.1 Å². The van der Waals surface area contributed by atoms with Gasteiger partial charge >= 0.3 is 0 Å². The largest absolute Gasteiger partial charge is 0.359 e. The fourth-order valence-corrected chi connectivity index (χ4v) is 3.37. The maximum Gasteiger partial charge on any atom is 0.247 e. The Labute approximate surface area is 148 Å². The average molecular weight is 364 g/mol. The number of pyridine rings is 1. The molecule has 0 spiro atoms. The predicted octanol–water partition coefficient (Wildman–Crippen LogP) is 3.24. The summed E-state index contributed by atoms with van der Waals surface area (Å²) in [7, 11) is 0. The molecule has 0 bridgehead atoms. The molecule has 1 aromatic heterocycles. The summed E-state index contributed by atoms with van der Waals surface area (Å²) in [5, 5.41) is 8.92. The van der Waals surface area contributed by atoms with Crippen molar-refractivity contribution in [3.8, 4) is 0 Å². The second-order valence-electron chi connectivity index (χ2n) is 5.85. The van der Waals surface area contributed by atoms with Crippen molar-refractivity contribution in [1.82, 2.24) is 4.98 Å². The van der Waals surface area contributed by atoms with Crippen molar-refractivity contribution >= 4 is 29.2 Å². The molecule has 0 aliphatic carbocycles. The van der Waals surface area contributed by atoms with Crippen molar-refractivity contribution in [2.24, 2.45) is 5.14 Å². The van der Waals surface area contributed by atoms with Gasteiger partial charge in [0.05, 0.1) is 0 Å². The number of nitrogens with two attached hydrogens (primary N) is 1. The molecule has 3 N–H and O–H groups in total. The molecule has 132 valence electrons. The van der Waals surface area contributed by atoms with Gasteiger partial charge < -0.3 is 10.2 Å². The van der Waals surface area contributed by atoms with Crippen LogP contribution in [0.15, 0.2) is 35.5 Å². The van der Waals surface area contributed by atoms with Crippen LogP contribution in [0, 0.1) is 18.6 Å². The molecule has 8 heteroatoms. The molecule has 1 unspecified atom stereocenters. The molecule has 0 radical (unpaired) electrons. The molecule has 3 rings (SSSR count). The molecule has 2 aromatic rings. The van der Waals surface area contributed by atoms with Crippen molar-refractivity contribution in [2.45, 2.75) is 30.8 Å². The zero-order valence-corrected chi connectivity index (χ0v) is 14.4. The lowest BCUT2D eigenvalue weighted by Gasteiger charge is -2.27. The van der Waals surface area contributed by atoms with Gasteiger partial charge in [0.15, 0.2) is 11.6 Å². The highest BCUT2D eigenvalue weighted by Crippen LogP contribution is 2.31. The zero-order chi connectivity index (χ0) is 18.0. The van der Waals surface area contributed by atoms with Crippen LogP contribution >= 0.6 is 11.9 Å². The van der Waals surface area contributed by atoms with E-state index in [0.717, 1.165) is 24.4 Å². The molecule has 1 aromatic carbocycles. The number of benzene rings is 1. The molecule has 25 heavy (non-hydrogen) atoms. The average Bonchev–Trinajstić information content (AvgIpc) is 3.09. The van der Waals surface area contributed by atoms with E-state index in [4.69, 9.17) is 5.14 Å². The van der Waals surface area contributed by atoms with Gasteiger partial charge in [-0.2, -0.15) is 0 Å². The molecular weight excluding hydrogens is 346 g/mol. The van der Waals surface area contributed by atoms with E-state index >= 15 is 0 Å². The van der Waals surface area contributed by atoms with Crippen LogP contribution in [0.1, 0.15) is 18.4 Å². The van der Waals surface area contributed by atoms with Crippen molar-refractivity contribution in [3.63, 3.8) is 0 Å². The first kappa shape index (κ1) is 17.6. The van der Waals surface area contributed by atoms with E-state index in [1.807, 2.05) is 4.90 Å². The molecule has 1 fully saturated rings. The summed E-state index contributed by atoms with van der Waals surface area (Å²) >= 11 is 0.995. The Morgan fingerprint density at radius 2 is 2.20 bits per heavy atom. The zero-order valence-electron chi connectivity index (χ0n) is 13.6. The lowest BCUT2D eigenvalue weighted by atomic mass is 10.1. The van der Waals surface area contributed by atoms with Crippen LogP contribution in [0.2, 0.25) is 0 Å². The minimum Gasteiger partial charge on any atom is -0.359 e. The van der Waals surface area contributed by atoms with Crippen LogP contribution in [-0.4, -0.2) is 23.5 Å². The summed E-state index contributed by atoms with van der Waals surface area (Å²) in [6.07, 6.45) is 3.02. The molecule has 1 atom stereocenters. The number of anilines is 2. The number of carbonyl (C=O) groups is 1. The fraction of sp³-hybridized carbons (Fsp3) is 0.294. The van der Waals surface area contributed by atoms with Crippen LogP contribution < -0.4 is 15.4 Å². The van der Waals surface area contributed by atoms with E-state index in [2.05, 4.69) is 10.3 Å². The highest BCUT2D eigenvalue weighted by Gasteiger charge is 2.32. The summed E-state index contributed by atoms with van der Waals surface area (Å²) in [5.41, 5.74) is 1.36. The fourth-order valence-electron chi connectivity index (χ4n) is 3.06. The van der Waals surface area contributed by atoms with Crippen LogP contribution in [0.3, 0.4) is 0 Å². The second-order valence-corrected chi connectivity index (χ2v) is 6.50. The first-order chi connectivity index (χ1) is 12.0. The lowest BCUT2D eigenvalue weighted by molar-refractivity contribution is -0.117. The highest BCUT2D eigenvalue weighted by molar-refractivity contribution is 7.97. The smallest absolute Gasteiger partial charge is 0.247 e. The number of amides is 1. The van der Waals surface area contributed by atoms with Crippen LogP contribution in [-0.2, 0) is 4.79 Å². The van der Waals surface area contributed by atoms with Crippen molar-refractivity contribution < 1.29 is 13.6 Å². The van der Waals surface area contributed by atoms with E-state index in [1.54, 1.807) is 18.3 Å². The molecule has 5 nitrogen and oxygen atoms in total. The van der Waals surface area contributed by atoms with Crippen LogP contribution in [0.5, 0.6) is 0 Å². The SMILES string of the molecule is Cc1c(N2CCCC2C(=O)Nc2ccnc(SN)c2)ccc(F)c1F. The maximum atomic E-state index is 13.9. The third-order valence-corrected chi connectivity index (χ3v) is 4.76. The second kappa shape index (κ2) is 7.37. The number of hydrogen-bond donors (Lipinski definition) is 2. The van der Waals surface area contributed by atoms with Gasteiger partial charge in [-0.15, -0.1) is 0 Å². The first-order valence-corrected chi connectivity index (χ1v) is 8.74. The summed E-state index contributed by atoms with van der Waals surface area (Å²) in [4.78, 5) is 18.6. The number of aromatic nitrogens is 1. The van der Waals surface area contributed by atoms with E-state index in [1.165, 1.54) is 13.0 Å². The number of nitrogens with one attached hydrogen (secondary N) is 1. The summed E-state index contributed by atoms with van der Waals surface area (Å²) < 4.78 is 27.2. The Morgan fingerprint density at radius 3 is 2.96 bits per heavy atom. The third-order valence-electron chi connectivity index (χ3n) is 4.30. The number of rotatable bonds is 4. The topological polar surface area (TPSA) is 71.2 Å². The van der Waals surface area contributed by atoms with Gasteiger partial charge in [-0.25, -0.2) is 13.8 Å². The van der Waals surface area contributed by atoms with E-state index < -0.39 is 17.7 Å². The van der Waals surface area contributed by atoms with E-state index in [0.29, 0.717) is 29.4 Å². The van der Waals surface area contributed by atoms with E-state index in [9.17, 15) is 13.6 Å². The van der Waals surface area contributed by atoms with Gasteiger partial charge in [-0.05, 0) is 56.0 Å². The minimum atomic E-state index is -0.884. The molecule has 0 saturated carbocycles. The Bertz CT molecular complexity index is 802. The standard InChI is InChI=1S/C17H18F2N4OS/c1-10-13(5-4-12(18)16(10)19)23-8-2-3-14(23)17(24)22-11-6-7-21-15(9-11)25-20/h4-7,9,14H,2-3,8,20H2,1H3,(H,21,22,24). The Morgan fingerprint density at radius 1 is 1.40 bits per heavy atom. The maximum absolute atomic E-state index is 13.9. The highest BCUT2D eigenvalue weighted by atomic mass is 32.2. The third kappa shape index (κ3) is 3.59. The molecule has 1 aliphatic heterocycles. The number of nitrogens with zero attached hydrogens (tertiary/aromatic N) is 2. The minimum absolute atomic E-state index is 0.194. The first-order valence-electron chi connectivity index (χ1n) is 7.86. The van der Waals surface area contributed by atoms with Crippen LogP contribution in [0.25, 0.3) is 0 Å². The molecule has 1 aliphatic rings. The lowest BCUT2D eigenvalue weighted by Crippen LogP contribution is -2.40. The molecule has 2 heterocycles. The Balaban J connectivity index is 1.81. The van der Waals surface area contributed by atoms with Gasteiger partial charge in [-0.1, -0.05) is 0 Å². The number of carbonyl (C=O) groups excluding carboxylic acids is 1. The Hall–Kier alpha value is -2.19. The molecule has 1 saturated heterocycles.